The molecule has 0 spiro atoms. The topological polar surface area (TPSA) is 32.7 Å². The molecule has 1 atom stereocenters. The van der Waals surface area contributed by atoms with Gasteiger partial charge in [0.15, 0.2) is 0 Å². The predicted molar refractivity (Wildman–Crippen MR) is 81.5 cm³/mol. The molecule has 0 saturated heterocycles. The van der Waals surface area contributed by atoms with Gasteiger partial charge in [0, 0.05) is 19.6 Å². The molecule has 0 radical (unpaired) electrons. The molecule has 1 rings (SSSR count). The van der Waals surface area contributed by atoms with Crippen LogP contribution in [0.2, 0.25) is 0 Å². The Morgan fingerprint density at radius 2 is 2.26 bits per heavy atom. The molecule has 1 heterocycles. The van der Waals surface area contributed by atoms with Gasteiger partial charge in [-0.1, -0.05) is 19.9 Å². The second kappa shape index (κ2) is 9.26. The average Bonchev–Trinajstić information content (AvgIpc) is 2.81. The molecule has 4 heteroatoms. The number of aliphatic hydroxyl groups is 1. The highest BCUT2D eigenvalue weighted by Gasteiger charge is 2.14. The quantitative estimate of drug-likeness (QED) is 0.529. The molecule has 0 unspecified atom stereocenters. The van der Waals surface area contributed by atoms with E-state index in [0.29, 0.717) is 25.7 Å². The molecule has 3 nitrogen and oxygen atoms in total. The molecule has 0 bridgehead atoms. The summed E-state index contributed by atoms with van der Waals surface area (Å²) in [5, 5.41) is 14.2. The fourth-order valence-electron chi connectivity index (χ4n) is 2.00. The third-order valence-electron chi connectivity index (χ3n) is 2.62. The zero-order chi connectivity index (χ0) is 14.1. The van der Waals surface area contributed by atoms with Crippen molar-refractivity contribution >= 4 is 11.3 Å². The van der Waals surface area contributed by atoms with E-state index in [9.17, 15) is 5.11 Å². The minimum absolute atomic E-state index is 0.365. The van der Waals surface area contributed by atoms with Crippen LogP contribution in [0.25, 0.3) is 0 Å². The van der Waals surface area contributed by atoms with Gasteiger partial charge in [0.1, 0.15) is 0 Å². The van der Waals surface area contributed by atoms with Crippen molar-refractivity contribution in [1.82, 2.24) is 4.90 Å². The van der Waals surface area contributed by atoms with Crippen molar-refractivity contribution in [2.75, 3.05) is 26.3 Å². The Morgan fingerprint density at radius 3 is 2.84 bits per heavy atom. The van der Waals surface area contributed by atoms with E-state index >= 15 is 0 Å². The van der Waals surface area contributed by atoms with Gasteiger partial charge in [-0.15, -0.1) is 6.58 Å². The fraction of sp³-hybridized carbons (Fsp3) is 0.600. The van der Waals surface area contributed by atoms with Crippen LogP contribution in [0.15, 0.2) is 29.5 Å². The van der Waals surface area contributed by atoms with Crippen LogP contribution in [0.4, 0.5) is 0 Å². The van der Waals surface area contributed by atoms with Crippen molar-refractivity contribution in [3.63, 3.8) is 0 Å². The number of thiophene rings is 1. The smallest absolute Gasteiger partial charge is 0.0900 e. The van der Waals surface area contributed by atoms with Crippen LogP contribution in [-0.2, 0) is 11.3 Å². The summed E-state index contributed by atoms with van der Waals surface area (Å²) in [5.74, 6) is 0.583. The van der Waals surface area contributed by atoms with Crippen LogP contribution in [0.3, 0.4) is 0 Å². The average molecular weight is 283 g/mol. The molecule has 0 amide bonds. The Hall–Kier alpha value is -0.680. The molecular weight excluding hydrogens is 258 g/mol. The van der Waals surface area contributed by atoms with Crippen LogP contribution >= 0.6 is 11.3 Å². The van der Waals surface area contributed by atoms with Gasteiger partial charge in [0.2, 0.25) is 0 Å². The van der Waals surface area contributed by atoms with E-state index in [1.54, 1.807) is 17.4 Å². The standard InChI is InChI=1S/C15H25NO2S/c1-4-6-18-11-15(17)10-16(8-13(2)3)9-14-5-7-19-12-14/h4-5,7,12-13,15,17H,1,6,8-11H2,2-3H3/t15-/m1/s1. The third-order valence-corrected chi connectivity index (χ3v) is 3.36. The van der Waals surface area contributed by atoms with Gasteiger partial charge in [0.05, 0.1) is 19.3 Å². The molecule has 1 aromatic heterocycles. The zero-order valence-corrected chi connectivity index (χ0v) is 12.7. The summed E-state index contributed by atoms with van der Waals surface area (Å²) in [6, 6.07) is 2.14. The number of rotatable bonds is 10. The van der Waals surface area contributed by atoms with E-state index in [1.807, 2.05) is 0 Å². The molecule has 0 aliphatic carbocycles. The largest absolute Gasteiger partial charge is 0.389 e. The van der Waals surface area contributed by atoms with E-state index < -0.39 is 6.10 Å². The van der Waals surface area contributed by atoms with Crippen LogP contribution in [-0.4, -0.2) is 42.4 Å². The third kappa shape index (κ3) is 7.47. The first kappa shape index (κ1) is 16.4. The number of aliphatic hydroxyl groups excluding tert-OH is 1. The molecule has 0 fully saturated rings. The monoisotopic (exact) mass is 283 g/mol. The van der Waals surface area contributed by atoms with Gasteiger partial charge in [-0.25, -0.2) is 0 Å². The molecule has 0 aliphatic heterocycles. The molecular formula is C15H25NO2S. The Morgan fingerprint density at radius 1 is 1.47 bits per heavy atom. The SMILES string of the molecule is C=CCOC[C@H](O)CN(Cc1ccsc1)CC(C)C. The van der Waals surface area contributed by atoms with Gasteiger partial charge < -0.3 is 9.84 Å². The minimum Gasteiger partial charge on any atom is -0.389 e. The Labute approximate surface area is 120 Å². The van der Waals surface area contributed by atoms with Gasteiger partial charge >= 0.3 is 0 Å². The summed E-state index contributed by atoms with van der Waals surface area (Å²) in [5.41, 5.74) is 1.31. The molecule has 108 valence electrons. The second-order valence-electron chi connectivity index (χ2n) is 5.20. The molecule has 1 N–H and O–H groups in total. The fourth-order valence-corrected chi connectivity index (χ4v) is 2.66. The van der Waals surface area contributed by atoms with Crippen molar-refractivity contribution in [3.05, 3.63) is 35.0 Å². The van der Waals surface area contributed by atoms with Crippen LogP contribution < -0.4 is 0 Å². The first-order valence-corrected chi connectivity index (χ1v) is 7.66. The summed E-state index contributed by atoms with van der Waals surface area (Å²) in [6.45, 7) is 11.4. The normalized spacial score (nSPS) is 13.1. The van der Waals surface area contributed by atoms with Crippen LogP contribution in [0.5, 0.6) is 0 Å². The molecule has 0 saturated carbocycles. The Kier molecular flexibility index (Phi) is 7.98. The second-order valence-corrected chi connectivity index (χ2v) is 5.98. The summed E-state index contributed by atoms with van der Waals surface area (Å²) < 4.78 is 5.29. The Balaban J connectivity index is 2.42. The highest BCUT2D eigenvalue weighted by atomic mass is 32.1. The lowest BCUT2D eigenvalue weighted by atomic mass is 10.2. The maximum absolute atomic E-state index is 9.99. The lowest BCUT2D eigenvalue weighted by molar-refractivity contribution is 0.0223. The van der Waals surface area contributed by atoms with Crippen molar-refractivity contribution in [2.24, 2.45) is 5.92 Å². The van der Waals surface area contributed by atoms with Gasteiger partial charge in [-0.3, -0.25) is 4.90 Å². The maximum atomic E-state index is 9.99. The van der Waals surface area contributed by atoms with E-state index in [1.165, 1.54) is 5.56 Å². The van der Waals surface area contributed by atoms with Crippen molar-refractivity contribution in [1.29, 1.82) is 0 Å². The van der Waals surface area contributed by atoms with E-state index in [0.717, 1.165) is 13.1 Å². The number of ether oxygens (including phenoxy) is 1. The van der Waals surface area contributed by atoms with Gasteiger partial charge in [-0.05, 0) is 28.3 Å². The molecule has 19 heavy (non-hydrogen) atoms. The van der Waals surface area contributed by atoms with E-state index in [-0.39, 0.29) is 0 Å². The van der Waals surface area contributed by atoms with Crippen molar-refractivity contribution in [2.45, 2.75) is 26.5 Å². The predicted octanol–water partition coefficient (Wildman–Crippen LogP) is 2.77. The van der Waals surface area contributed by atoms with E-state index in [2.05, 4.69) is 42.2 Å². The number of hydrogen-bond acceptors (Lipinski definition) is 4. The molecule has 0 aromatic carbocycles. The van der Waals surface area contributed by atoms with Crippen LogP contribution in [0, 0.1) is 5.92 Å². The summed E-state index contributed by atoms with van der Waals surface area (Å²) >= 11 is 1.71. The first-order valence-electron chi connectivity index (χ1n) is 6.72. The number of hydrogen-bond donors (Lipinski definition) is 1. The maximum Gasteiger partial charge on any atom is 0.0900 e. The Bertz CT molecular complexity index is 338. The zero-order valence-electron chi connectivity index (χ0n) is 11.9. The van der Waals surface area contributed by atoms with Crippen molar-refractivity contribution in [3.8, 4) is 0 Å². The lowest BCUT2D eigenvalue weighted by Gasteiger charge is -2.26. The molecule has 1 aromatic rings. The first-order chi connectivity index (χ1) is 9.11. The highest BCUT2D eigenvalue weighted by molar-refractivity contribution is 7.07. The summed E-state index contributed by atoms with van der Waals surface area (Å²) in [7, 11) is 0. The van der Waals surface area contributed by atoms with Crippen molar-refractivity contribution < 1.29 is 9.84 Å². The number of nitrogens with zero attached hydrogens (tertiary/aromatic N) is 1. The van der Waals surface area contributed by atoms with E-state index in [4.69, 9.17) is 4.74 Å². The van der Waals surface area contributed by atoms with Crippen LogP contribution in [0.1, 0.15) is 19.4 Å². The summed E-state index contributed by atoms with van der Waals surface area (Å²) in [6.07, 6.45) is 1.25. The highest BCUT2D eigenvalue weighted by Crippen LogP contribution is 2.11. The summed E-state index contributed by atoms with van der Waals surface area (Å²) in [4.78, 5) is 2.29. The molecule has 0 aliphatic rings. The van der Waals surface area contributed by atoms with Gasteiger partial charge in [0.25, 0.3) is 0 Å². The van der Waals surface area contributed by atoms with Gasteiger partial charge in [-0.2, -0.15) is 11.3 Å². The lowest BCUT2D eigenvalue weighted by Crippen LogP contribution is -2.36. The minimum atomic E-state index is -0.447.